The van der Waals surface area contributed by atoms with Crippen molar-refractivity contribution in [2.45, 2.75) is 64.1 Å². The van der Waals surface area contributed by atoms with Gasteiger partial charge in [-0.15, -0.1) is 0 Å². The van der Waals surface area contributed by atoms with Crippen molar-refractivity contribution >= 4 is 5.91 Å². The summed E-state index contributed by atoms with van der Waals surface area (Å²) in [6, 6.07) is 14.4. The molecule has 0 saturated heterocycles. The molecule has 27 heavy (non-hydrogen) atoms. The average Bonchev–Trinajstić information content (AvgIpc) is 3.57. The van der Waals surface area contributed by atoms with Crippen LogP contribution in [-0.2, 0) is 17.9 Å². The molecule has 0 bridgehead atoms. The van der Waals surface area contributed by atoms with Crippen LogP contribution >= 0.6 is 0 Å². The van der Waals surface area contributed by atoms with Crippen molar-refractivity contribution in [2.75, 3.05) is 0 Å². The number of hydrogen-bond donors (Lipinski definition) is 0. The average molecular weight is 364 g/mol. The Morgan fingerprint density at radius 2 is 1.89 bits per heavy atom. The Morgan fingerprint density at radius 1 is 1.04 bits per heavy atom. The molecule has 0 N–H and O–H groups in total. The van der Waals surface area contributed by atoms with Crippen molar-refractivity contribution in [1.82, 2.24) is 9.88 Å². The number of pyridine rings is 1. The van der Waals surface area contributed by atoms with Gasteiger partial charge < -0.3 is 9.64 Å². The van der Waals surface area contributed by atoms with Crippen molar-refractivity contribution in [2.24, 2.45) is 5.92 Å². The summed E-state index contributed by atoms with van der Waals surface area (Å²) < 4.78 is 5.90. The summed E-state index contributed by atoms with van der Waals surface area (Å²) in [5.74, 6) is 1.44. The van der Waals surface area contributed by atoms with E-state index in [1.54, 1.807) is 6.20 Å². The Balaban J connectivity index is 1.40. The monoisotopic (exact) mass is 364 g/mol. The first-order chi connectivity index (χ1) is 13.3. The highest BCUT2D eigenvalue weighted by molar-refractivity contribution is 5.79. The molecule has 142 valence electrons. The number of carbonyl (C=O) groups excluding carboxylic acids is 1. The lowest BCUT2D eigenvalue weighted by Crippen LogP contribution is -2.38. The summed E-state index contributed by atoms with van der Waals surface area (Å²) in [5, 5.41) is 0. The number of carbonyl (C=O) groups is 1. The molecule has 0 unspecified atom stereocenters. The van der Waals surface area contributed by atoms with E-state index < -0.39 is 0 Å². The Morgan fingerprint density at radius 3 is 2.63 bits per heavy atom. The minimum Gasteiger partial charge on any atom is -0.487 e. The van der Waals surface area contributed by atoms with Gasteiger partial charge >= 0.3 is 0 Å². The van der Waals surface area contributed by atoms with Crippen molar-refractivity contribution in [3.63, 3.8) is 0 Å². The molecule has 4 rings (SSSR count). The Kier molecular flexibility index (Phi) is 5.71. The summed E-state index contributed by atoms with van der Waals surface area (Å²) in [6.07, 6.45) is 9.88. The number of rotatable bonds is 7. The first-order valence-electron chi connectivity index (χ1n) is 10.2. The molecule has 2 saturated carbocycles. The zero-order chi connectivity index (χ0) is 18.5. The van der Waals surface area contributed by atoms with E-state index in [0.29, 0.717) is 25.1 Å². The number of amides is 1. The van der Waals surface area contributed by atoms with Crippen LogP contribution < -0.4 is 4.74 Å². The molecule has 1 aromatic carbocycles. The smallest absolute Gasteiger partial charge is 0.226 e. The molecular formula is C23H28N2O2. The van der Waals surface area contributed by atoms with Gasteiger partial charge in [0.1, 0.15) is 12.4 Å². The van der Waals surface area contributed by atoms with Gasteiger partial charge in [0.05, 0.1) is 5.69 Å². The van der Waals surface area contributed by atoms with Crippen molar-refractivity contribution in [1.29, 1.82) is 0 Å². The first-order valence-corrected chi connectivity index (χ1v) is 10.2. The van der Waals surface area contributed by atoms with E-state index in [4.69, 9.17) is 4.74 Å². The molecule has 1 heterocycles. The second-order valence-corrected chi connectivity index (χ2v) is 7.79. The molecule has 1 amide bonds. The standard InChI is InChI=1S/C23H28N2O2/c26-23(19-8-2-1-3-9-19)25(21-12-13-21)16-18-7-6-11-22(15-18)27-17-20-10-4-5-14-24-20/h4-7,10-11,14-15,19,21H,1-3,8-9,12-13,16-17H2. The van der Waals surface area contributed by atoms with E-state index in [9.17, 15) is 4.79 Å². The van der Waals surface area contributed by atoms with Crippen LogP contribution in [0.15, 0.2) is 48.7 Å². The van der Waals surface area contributed by atoms with E-state index in [1.165, 1.54) is 19.3 Å². The fraction of sp³-hybridized carbons (Fsp3) is 0.478. The van der Waals surface area contributed by atoms with E-state index >= 15 is 0 Å². The summed E-state index contributed by atoms with van der Waals surface area (Å²) in [7, 11) is 0. The van der Waals surface area contributed by atoms with Gasteiger partial charge in [0, 0.05) is 24.7 Å². The third-order valence-corrected chi connectivity index (χ3v) is 5.59. The normalized spacial score (nSPS) is 17.5. The number of ether oxygens (including phenoxy) is 1. The van der Waals surface area contributed by atoms with Crippen LogP contribution in [0, 0.1) is 5.92 Å². The molecule has 4 nitrogen and oxygen atoms in total. The van der Waals surface area contributed by atoms with Crippen molar-refractivity contribution in [3.05, 3.63) is 59.9 Å². The molecule has 2 aromatic rings. The highest BCUT2D eigenvalue weighted by atomic mass is 16.5. The molecule has 0 aliphatic heterocycles. The van der Waals surface area contributed by atoms with Crippen molar-refractivity contribution in [3.8, 4) is 5.75 Å². The molecule has 2 fully saturated rings. The van der Waals surface area contributed by atoms with Crippen LogP contribution in [0.25, 0.3) is 0 Å². The van der Waals surface area contributed by atoms with Gasteiger partial charge in [0.25, 0.3) is 0 Å². The van der Waals surface area contributed by atoms with Gasteiger partial charge in [-0.25, -0.2) is 0 Å². The number of aromatic nitrogens is 1. The van der Waals surface area contributed by atoms with E-state index in [0.717, 1.165) is 42.7 Å². The van der Waals surface area contributed by atoms with E-state index in [1.807, 2.05) is 30.3 Å². The zero-order valence-electron chi connectivity index (χ0n) is 15.8. The lowest BCUT2D eigenvalue weighted by Gasteiger charge is -2.29. The van der Waals surface area contributed by atoms with Crippen molar-refractivity contribution < 1.29 is 9.53 Å². The Labute approximate surface area is 161 Å². The van der Waals surface area contributed by atoms with Gasteiger partial charge in [0.15, 0.2) is 0 Å². The lowest BCUT2D eigenvalue weighted by atomic mass is 9.88. The SMILES string of the molecule is O=C(C1CCCCC1)N(Cc1cccc(OCc2ccccn2)c1)C1CC1. The Bertz CT molecular complexity index is 752. The summed E-state index contributed by atoms with van der Waals surface area (Å²) in [5.41, 5.74) is 2.06. The van der Waals surface area contributed by atoms with Crippen LogP contribution in [0.4, 0.5) is 0 Å². The molecular weight excluding hydrogens is 336 g/mol. The van der Waals surface area contributed by atoms with Crippen LogP contribution in [0.3, 0.4) is 0 Å². The molecule has 1 aromatic heterocycles. The predicted octanol–water partition coefficient (Wildman–Crippen LogP) is 4.73. The Hall–Kier alpha value is -2.36. The van der Waals surface area contributed by atoms with Crippen LogP contribution in [0.5, 0.6) is 5.75 Å². The van der Waals surface area contributed by atoms with Gasteiger partial charge in [-0.3, -0.25) is 9.78 Å². The fourth-order valence-electron chi connectivity index (χ4n) is 3.93. The molecule has 2 aliphatic carbocycles. The molecule has 2 aliphatic rings. The van der Waals surface area contributed by atoms with Crippen LogP contribution in [0.1, 0.15) is 56.2 Å². The van der Waals surface area contributed by atoms with Crippen LogP contribution in [-0.4, -0.2) is 21.8 Å². The quantitative estimate of drug-likeness (QED) is 0.713. The summed E-state index contributed by atoms with van der Waals surface area (Å²) in [4.78, 5) is 19.5. The maximum atomic E-state index is 13.1. The molecule has 4 heteroatoms. The zero-order valence-corrected chi connectivity index (χ0v) is 15.8. The molecule has 0 spiro atoms. The highest BCUT2D eigenvalue weighted by Gasteiger charge is 2.36. The fourth-order valence-corrected chi connectivity index (χ4v) is 3.93. The second kappa shape index (κ2) is 8.55. The number of nitrogens with zero attached hydrogens (tertiary/aromatic N) is 2. The third kappa shape index (κ3) is 4.88. The van der Waals surface area contributed by atoms with Gasteiger partial charge in [-0.2, -0.15) is 0 Å². The second-order valence-electron chi connectivity index (χ2n) is 7.79. The number of benzene rings is 1. The molecule has 0 atom stereocenters. The largest absolute Gasteiger partial charge is 0.487 e. The van der Waals surface area contributed by atoms with Gasteiger partial charge in [-0.1, -0.05) is 37.5 Å². The maximum Gasteiger partial charge on any atom is 0.226 e. The summed E-state index contributed by atoms with van der Waals surface area (Å²) >= 11 is 0. The topological polar surface area (TPSA) is 42.4 Å². The third-order valence-electron chi connectivity index (χ3n) is 5.59. The number of hydrogen-bond acceptors (Lipinski definition) is 3. The minimum absolute atomic E-state index is 0.239. The summed E-state index contributed by atoms with van der Waals surface area (Å²) in [6.45, 7) is 1.15. The highest BCUT2D eigenvalue weighted by Crippen LogP contribution is 2.33. The van der Waals surface area contributed by atoms with E-state index in [2.05, 4.69) is 22.0 Å². The van der Waals surface area contributed by atoms with Gasteiger partial charge in [0.2, 0.25) is 5.91 Å². The first kappa shape index (κ1) is 18.0. The van der Waals surface area contributed by atoms with Gasteiger partial charge in [-0.05, 0) is 55.5 Å². The van der Waals surface area contributed by atoms with Crippen LogP contribution in [0.2, 0.25) is 0 Å². The predicted molar refractivity (Wildman–Crippen MR) is 105 cm³/mol. The maximum absolute atomic E-state index is 13.1. The minimum atomic E-state index is 0.239. The lowest BCUT2D eigenvalue weighted by molar-refractivity contribution is -0.137. The van der Waals surface area contributed by atoms with E-state index in [-0.39, 0.29) is 5.92 Å². The molecule has 0 radical (unpaired) electrons.